The number of Topliss-reactive ketones (excluding diaryl/α,β-unsaturated/α-hetero) is 3. The molecule has 0 amide bonds. The third kappa shape index (κ3) is 15.6. The molecule has 0 fully saturated rings. The summed E-state index contributed by atoms with van der Waals surface area (Å²) in [5.41, 5.74) is 0. The average Bonchev–Trinajstić information content (AvgIpc) is 2.64. The molecule has 0 rings (SSSR count). The zero-order chi connectivity index (χ0) is 22.3. The minimum Gasteiger partial charge on any atom is -0.385 e. The van der Waals surface area contributed by atoms with Gasteiger partial charge in [-0.1, -0.05) is 62.3 Å². The lowest BCUT2D eigenvalue weighted by Gasteiger charge is -2.07. The zero-order valence-corrected chi connectivity index (χ0v) is 18.7. The van der Waals surface area contributed by atoms with E-state index in [4.69, 9.17) is 15.3 Å². The number of aliphatic hydroxyl groups is 3. The van der Waals surface area contributed by atoms with Gasteiger partial charge in [-0.2, -0.15) is 0 Å². The molecule has 3 N–H and O–H groups in total. The maximum absolute atomic E-state index is 10.8. The lowest BCUT2D eigenvalue weighted by Crippen LogP contribution is -2.23. The van der Waals surface area contributed by atoms with Crippen molar-refractivity contribution in [1.82, 2.24) is 0 Å². The summed E-state index contributed by atoms with van der Waals surface area (Å²) in [7, 11) is 0. The second-order valence-corrected chi connectivity index (χ2v) is 7.44. The molecule has 6 heteroatoms. The smallest absolute Gasteiger partial charge is 0.163 e. The molecule has 0 saturated heterocycles. The van der Waals surface area contributed by atoms with Crippen molar-refractivity contribution in [3.8, 4) is 0 Å². The molecule has 0 saturated carbocycles. The van der Waals surface area contributed by atoms with Gasteiger partial charge in [0.2, 0.25) is 0 Å². The number of aliphatic hydroxyl groups excluding tert-OH is 3. The fourth-order valence-corrected chi connectivity index (χ4v) is 1.76. The first kappa shape index (κ1) is 30.6. The number of rotatable bonds is 9. The Morgan fingerprint density at radius 1 is 0.519 bits per heavy atom. The Balaban J connectivity index is -0.000000320. The first-order chi connectivity index (χ1) is 12.3. The van der Waals surface area contributed by atoms with Crippen molar-refractivity contribution in [2.75, 3.05) is 0 Å². The van der Waals surface area contributed by atoms with Crippen molar-refractivity contribution in [1.29, 1.82) is 0 Å². The van der Waals surface area contributed by atoms with Gasteiger partial charge in [-0.15, -0.1) is 0 Å². The summed E-state index contributed by atoms with van der Waals surface area (Å²) in [6.45, 7) is 16.1. The van der Waals surface area contributed by atoms with Crippen molar-refractivity contribution in [2.24, 2.45) is 17.8 Å². The van der Waals surface area contributed by atoms with Crippen LogP contribution < -0.4 is 0 Å². The molecule has 3 atom stereocenters. The molecule has 1 unspecified atom stereocenters. The van der Waals surface area contributed by atoms with Gasteiger partial charge in [0.1, 0.15) is 18.3 Å². The van der Waals surface area contributed by atoms with Crippen molar-refractivity contribution in [3.63, 3.8) is 0 Å². The second kappa shape index (κ2) is 17.0. The molecule has 162 valence electrons. The van der Waals surface area contributed by atoms with E-state index in [1.807, 2.05) is 0 Å². The van der Waals surface area contributed by atoms with E-state index in [0.717, 1.165) is 0 Å². The maximum Gasteiger partial charge on any atom is 0.163 e. The molecule has 0 aromatic rings. The van der Waals surface area contributed by atoms with Crippen LogP contribution in [0.1, 0.15) is 81.6 Å². The third-order valence-electron chi connectivity index (χ3n) is 3.85. The molecule has 0 heterocycles. The zero-order valence-electron chi connectivity index (χ0n) is 18.7. The lowest BCUT2D eigenvalue weighted by molar-refractivity contribution is -0.130. The van der Waals surface area contributed by atoms with Gasteiger partial charge < -0.3 is 15.3 Å². The molecule has 0 aliphatic heterocycles. The predicted octanol–water partition coefficient (Wildman–Crippen LogP) is 2.95. The number of carbonyl (C=O) groups is 3. The summed E-state index contributed by atoms with van der Waals surface area (Å²) in [6, 6.07) is 0. The van der Waals surface area contributed by atoms with Crippen LogP contribution in [-0.4, -0.2) is 51.0 Å². The SMILES string of the molecule is CCC(O)C(=O)C(C)C.CC[C@@H](O)C(=O)C(C)C.CC[C@H](O)C(=O)C(C)C. The van der Waals surface area contributed by atoms with Gasteiger partial charge in [-0.3, -0.25) is 14.4 Å². The van der Waals surface area contributed by atoms with E-state index in [9.17, 15) is 14.4 Å². The Hall–Kier alpha value is -1.11. The molecular weight excluding hydrogens is 348 g/mol. The Morgan fingerprint density at radius 2 is 0.667 bits per heavy atom. The van der Waals surface area contributed by atoms with Crippen LogP contribution in [0.25, 0.3) is 0 Å². The number of ketones is 3. The van der Waals surface area contributed by atoms with E-state index >= 15 is 0 Å². The molecule has 6 nitrogen and oxygen atoms in total. The number of hydrogen-bond acceptors (Lipinski definition) is 6. The van der Waals surface area contributed by atoms with E-state index in [1.165, 1.54) is 0 Å². The Kier molecular flexibility index (Phi) is 19.3. The van der Waals surface area contributed by atoms with Gasteiger partial charge in [-0.05, 0) is 19.3 Å². The van der Waals surface area contributed by atoms with E-state index in [2.05, 4.69) is 0 Å². The second-order valence-electron chi connectivity index (χ2n) is 7.44. The van der Waals surface area contributed by atoms with Gasteiger partial charge in [0, 0.05) is 17.8 Å². The highest BCUT2D eigenvalue weighted by molar-refractivity contribution is 5.85. The summed E-state index contributed by atoms with van der Waals surface area (Å²) >= 11 is 0. The first-order valence-corrected chi connectivity index (χ1v) is 9.93. The molecule has 0 aliphatic carbocycles. The number of carbonyl (C=O) groups excluding carboxylic acids is 3. The predicted molar refractivity (Wildman–Crippen MR) is 108 cm³/mol. The molecule has 0 radical (unpaired) electrons. The standard InChI is InChI=1S/3C7H14O2/c3*1-4-6(8)7(9)5(2)3/h3*5-6,8H,4H2,1-3H3/t2*6-;/m10./s1. The average molecular weight is 391 g/mol. The highest BCUT2D eigenvalue weighted by atomic mass is 16.3. The highest BCUT2D eigenvalue weighted by Crippen LogP contribution is 2.03. The molecule has 0 aromatic heterocycles. The third-order valence-corrected chi connectivity index (χ3v) is 3.85. The molecular formula is C21H42O6. The number of hydrogen-bond donors (Lipinski definition) is 3. The summed E-state index contributed by atoms with van der Waals surface area (Å²) in [5, 5.41) is 26.8. The largest absolute Gasteiger partial charge is 0.385 e. The van der Waals surface area contributed by atoms with Crippen molar-refractivity contribution in [2.45, 2.75) is 99.9 Å². The monoisotopic (exact) mass is 390 g/mol. The van der Waals surface area contributed by atoms with Crippen molar-refractivity contribution < 1.29 is 29.7 Å². The van der Waals surface area contributed by atoms with Crippen LogP contribution in [0.15, 0.2) is 0 Å². The van der Waals surface area contributed by atoms with E-state index < -0.39 is 18.3 Å². The molecule has 27 heavy (non-hydrogen) atoms. The summed E-state index contributed by atoms with van der Waals surface area (Å²) in [4.78, 5) is 32.5. The normalized spacial score (nSPS) is 13.9. The summed E-state index contributed by atoms with van der Waals surface area (Å²) in [5.74, 6) is -0.299. The Morgan fingerprint density at radius 3 is 0.704 bits per heavy atom. The van der Waals surface area contributed by atoms with Crippen LogP contribution in [0, 0.1) is 17.8 Å². The van der Waals surface area contributed by atoms with Crippen LogP contribution in [0.2, 0.25) is 0 Å². The van der Waals surface area contributed by atoms with Gasteiger partial charge in [0.25, 0.3) is 0 Å². The quantitative estimate of drug-likeness (QED) is 0.558. The maximum atomic E-state index is 10.8. The highest BCUT2D eigenvalue weighted by Gasteiger charge is 2.16. The van der Waals surface area contributed by atoms with Gasteiger partial charge in [0.15, 0.2) is 17.3 Å². The Bertz CT molecular complexity index is 353. The Labute approximate surface area is 165 Å². The first-order valence-electron chi connectivity index (χ1n) is 9.93. The lowest BCUT2D eigenvalue weighted by atomic mass is 10.0. The fraction of sp³-hybridized carbons (Fsp3) is 0.857. The van der Waals surface area contributed by atoms with E-state index in [1.54, 1.807) is 62.3 Å². The summed E-state index contributed by atoms with van der Waals surface area (Å²) in [6.07, 6.45) is -0.662. The minimum atomic E-state index is -0.745. The summed E-state index contributed by atoms with van der Waals surface area (Å²) < 4.78 is 0. The van der Waals surface area contributed by atoms with Crippen LogP contribution >= 0.6 is 0 Å². The van der Waals surface area contributed by atoms with Gasteiger partial charge in [0.05, 0.1) is 0 Å². The van der Waals surface area contributed by atoms with Crippen LogP contribution in [0.3, 0.4) is 0 Å². The fourth-order valence-electron chi connectivity index (χ4n) is 1.76. The molecule has 0 spiro atoms. The van der Waals surface area contributed by atoms with Crippen LogP contribution in [0.4, 0.5) is 0 Å². The topological polar surface area (TPSA) is 112 Å². The van der Waals surface area contributed by atoms with E-state index in [0.29, 0.717) is 19.3 Å². The van der Waals surface area contributed by atoms with Crippen molar-refractivity contribution in [3.05, 3.63) is 0 Å². The van der Waals surface area contributed by atoms with Gasteiger partial charge >= 0.3 is 0 Å². The van der Waals surface area contributed by atoms with Crippen LogP contribution in [0.5, 0.6) is 0 Å². The van der Waals surface area contributed by atoms with Crippen molar-refractivity contribution >= 4 is 17.3 Å². The molecule has 0 aliphatic rings. The van der Waals surface area contributed by atoms with E-state index in [-0.39, 0.29) is 35.1 Å². The molecule has 0 bridgehead atoms. The van der Waals surface area contributed by atoms with Gasteiger partial charge in [-0.25, -0.2) is 0 Å². The molecule has 0 aromatic carbocycles. The minimum absolute atomic E-state index is 0.0417. The van der Waals surface area contributed by atoms with Crippen LogP contribution in [-0.2, 0) is 14.4 Å².